The van der Waals surface area contributed by atoms with Gasteiger partial charge in [0.25, 0.3) is 5.91 Å². The van der Waals surface area contributed by atoms with E-state index >= 15 is 0 Å². The molecule has 23 heavy (non-hydrogen) atoms. The second kappa shape index (κ2) is 7.24. The van der Waals surface area contributed by atoms with E-state index < -0.39 is 0 Å². The van der Waals surface area contributed by atoms with E-state index in [1.54, 1.807) is 12.1 Å². The molecule has 1 aromatic carbocycles. The zero-order valence-corrected chi connectivity index (χ0v) is 13.7. The van der Waals surface area contributed by atoms with Gasteiger partial charge in [-0.1, -0.05) is 24.3 Å². The topological polar surface area (TPSA) is 71.5 Å². The molecule has 0 aliphatic heterocycles. The van der Waals surface area contributed by atoms with Crippen molar-refractivity contribution in [3.05, 3.63) is 59.3 Å². The summed E-state index contributed by atoms with van der Waals surface area (Å²) in [5, 5.41) is 12.1. The van der Waals surface area contributed by atoms with Crippen molar-refractivity contribution < 1.29 is 14.6 Å². The summed E-state index contributed by atoms with van der Waals surface area (Å²) in [6.07, 6.45) is 1.49. The zero-order chi connectivity index (χ0) is 16.9. The van der Waals surface area contributed by atoms with E-state index in [0.717, 1.165) is 11.1 Å². The van der Waals surface area contributed by atoms with Gasteiger partial charge in [0.1, 0.15) is 5.60 Å². The van der Waals surface area contributed by atoms with Crippen LogP contribution < -0.4 is 10.1 Å². The Balaban J connectivity index is 1.98. The molecule has 0 spiro atoms. The van der Waals surface area contributed by atoms with Gasteiger partial charge in [-0.3, -0.25) is 4.79 Å². The van der Waals surface area contributed by atoms with E-state index in [1.165, 1.54) is 6.20 Å². The van der Waals surface area contributed by atoms with Gasteiger partial charge in [-0.2, -0.15) is 0 Å². The Morgan fingerprint density at radius 3 is 2.43 bits per heavy atom. The maximum absolute atomic E-state index is 12.2. The highest BCUT2D eigenvalue weighted by Gasteiger charge is 2.13. The fourth-order valence-corrected chi connectivity index (χ4v) is 2.05. The van der Waals surface area contributed by atoms with Crippen molar-refractivity contribution in [2.75, 3.05) is 0 Å². The van der Waals surface area contributed by atoms with Crippen LogP contribution in [-0.2, 0) is 13.2 Å². The molecular weight excluding hydrogens is 292 g/mol. The third-order valence-corrected chi connectivity index (χ3v) is 3.14. The first-order valence-corrected chi connectivity index (χ1v) is 7.50. The molecule has 2 aromatic rings. The van der Waals surface area contributed by atoms with Crippen molar-refractivity contribution in [1.82, 2.24) is 10.3 Å². The van der Waals surface area contributed by atoms with E-state index in [1.807, 2.05) is 45.0 Å². The molecule has 0 radical (unpaired) electrons. The third-order valence-electron chi connectivity index (χ3n) is 3.14. The summed E-state index contributed by atoms with van der Waals surface area (Å²) in [5.74, 6) is 0.271. The second-order valence-electron chi connectivity index (χ2n) is 6.21. The van der Waals surface area contributed by atoms with E-state index in [0.29, 0.717) is 18.0 Å². The molecule has 0 fully saturated rings. The SMILES string of the molecule is CC(C)(C)Oc1ccc(C(=O)NCc2ccccc2CO)cn1. The lowest BCUT2D eigenvalue weighted by Gasteiger charge is -2.20. The summed E-state index contributed by atoms with van der Waals surface area (Å²) >= 11 is 0. The molecule has 2 N–H and O–H groups in total. The highest BCUT2D eigenvalue weighted by atomic mass is 16.5. The number of hydrogen-bond donors (Lipinski definition) is 2. The molecule has 0 aliphatic carbocycles. The standard InChI is InChI=1S/C18H22N2O3/c1-18(2,3)23-16-9-8-14(11-19-16)17(22)20-10-13-6-4-5-7-15(13)12-21/h4-9,11,21H,10,12H2,1-3H3,(H,20,22). The number of aliphatic hydroxyl groups excluding tert-OH is 1. The number of nitrogens with zero attached hydrogens (tertiary/aromatic N) is 1. The van der Waals surface area contributed by atoms with Gasteiger partial charge < -0.3 is 15.2 Å². The molecule has 122 valence electrons. The average molecular weight is 314 g/mol. The van der Waals surface area contributed by atoms with Crippen LogP contribution in [0, 0.1) is 0 Å². The quantitative estimate of drug-likeness (QED) is 0.890. The van der Waals surface area contributed by atoms with Gasteiger partial charge >= 0.3 is 0 Å². The highest BCUT2D eigenvalue weighted by molar-refractivity contribution is 5.93. The average Bonchev–Trinajstić information content (AvgIpc) is 2.52. The number of ether oxygens (including phenoxy) is 1. The predicted molar refractivity (Wildman–Crippen MR) is 88.2 cm³/mol. The zero-order valence-electron chi connectivity index (χ0n) is 13.7. The summed E-state index contributed by atoms with van der Waals surface area (Å²) in [4.78, 5) is 16.3. The Labute approximate surface area is 136 Å². The molecule has 1 heterocycles. The molecule has 0 bridgehead atoms. The van der Waals surface area contributed by atoms with Crippen molar-refractivity contribution >= 4 is 5.91 Å². The van der Waals surface area contributed by atoms with Gasteiger partial charge in [0.15, 0.2) is 0 Å². The number of nitrogens with one attached hydrogen (secondary N) is 1. The molecule has 1 aromatic heterocycles. The van der Waals surface area contributed by atoms with Crippen LogP contribution in [0.25, 0.3) is 0 Å². The molecule has 0 saturated carbocycles. The first-order chi connectivity index (χ1) is 10.9. The Morgan fingerprint density at radius 2 is 1.87 bits per heavy atom. The Morgan fingerprint density at radius 1 is 1.17 bits per heavy atom. The fourth-order valence-electron chi connectivity index (χ4n) is 2.05. The number of amides is 1. The lowest BCUT2D eigenvalue weighted by atomic mass is 10.1. The van der Waals surface area contributed by atoms with Gasteiger partial charge in [0, 0.05) is 18.8 Å². The van der Waals surface area contributed by atoms with Gasteiger partial charge in [0.2, 0.25) is 5.88 Å². The summed E-state index contributed by atoms with van der Waals surface area (Å²) in [6.45, 7) is 6.12. The number of rotatable bonds is 5. The van der Waals surface area contributed by atoms with Crippen molar-refractivity contribution in [3.8, 4) is 5.88 Å². The van der Waals surface area contributed by atoms with Crippen molar-refractivity contribution in [1.29, 1.82) is 0 Å². The monoisotopic (exact) mass is 314 g/mol. The first-order valence-electron chi connectivity index (χ1n) is 7.50. The summed E-state index contributed by atoms with van der Waals surface area (Å²) < 4.78 is 5.63. The van der Waals surface area contributed by atoms with E-state index in [9.17, 15) is 9.90 Å². The molecule has 0 aliphatic rings. The van der Waals surface area contributed by atoms with Gasteiger partial charge in [-0.05, 0) is 38.0 Å². The molecule has 0 unspecified atom stereocenters. The Bertz CT molecular complexity index is 661. The highest BCUT2D eigenvalue weighted by Crippen LogP contribution is 2.15. The molecule has 2 rings (SSSR count). The normalized spacial score (nSPS) is 11.1. The second-order valence-corrected chi connectivity index (χ2v) is 6.21. The molecule has 5 heteroatoms. The predicted octanol–water partition coefficient (Wildman–Crippen LogP) is 2.68. The summed E-state index contributed by atoms with van der Waals surface area (Å²) in [5.41, 5.74) is 1.83. The van der Waals surface area contributed by atoms with Crippen LogP contribution in [0.5, 0.6) is 5.88 Å². The number of hydrogen-bond acceptors (Lipinski definition) is 4. The molecule has 0 atom stereocenters. The van der Waals surface area contributed by atoms with Crippen molar-refractivity contribution in [3.63, 3.8) is 0 Å². The Kier molecular flexibility index (Phi) is 5.34. The number of carbonyl (C=O) groups excluding carboxylic acids is 1. The van der Waals surface area contributed by atoms with E-state index in [4.69, 9.17) is 4.74 Å². The minimum atomic E-state index is -0.329. The van der Waals surface area contributed by atoms with Gasteiger partial charge in [0.05, 0.1) is 12.2 Å². The van der Waals surface area contributed by atoms with Crippen LogP contribution in [0.2, 0.25) is 0 Å². The largest absolute Gasteiger partial charge is 0.472 e. The molecule has 1 amide bonds. The maximum Gasteiger partial charge on any atom is 0.253 e. The van der Waals surface area contributed by atoms with Gasteiger partial charge in [-0.25, -0.2) is 4.98 Å². The maximum atomic E-state index is 12.2. The number of aromatic nitrogens is 1. The van der Waals surface area contributed by atoms with Crippen LogP contribution in [-0.4, -0.2) is 21.6 Å². The lowest BCUT2D eigenvalue weighted by Crippen LogP contribution is -2.25. The van der Waals surface area contributed by atoms with Crippen molar-refractivity contribution in [2.24, 2.45) is 0 Å². The fraction of sp³-hybridized carbons (Fsp3) is 0.333. The minimum Gasteiger partial charge on any atom is -0.472 e. The smallest absolute Gasteiger partial charge is 0.253 e. The van der Waals surface area contributed by atoms with E-state index in [2.05, 4.69) is 10.3 Å². The van der Waals surface area contributed by atoms with E-state index in [-0.39, 0.29) is 18.1 Å². The summed E-state index contributed by atoms with van der Waals surface area (Å²) in [7, 11) is 0. The van der Waals surface area contributed by atoms with Crippen LogP contribution in [0.15, 0.2) is 42.6 Å². The lowest BCUT2D eigenvalue weighted by molar-refractivity contribution is 0.0949. The minimum absolute atomic E-state index is 0.0492. The number of aliphatic hydroxyl groups is 1. The van der Waals surface area contributed by atoms with Crippen LogP contribution >= 0.6 is 0 Å². The molecular formula is C18H22N2O3. The van der Waals surface area contributed by atoms with Crippen LogP contribution in [0.4, 0.5) is 0 Å². The first kappa shape index (κ1) is 17.0. The summed E-state index contributed by atoms with van der Waals surface area (Å²) in [6, 6.07) is 10.8. The van der Waals surface area contributed by atoms with Crippen LogP contribution in [0.3, 0.4) is 0 Å². The third kappa shape index (κ3) is 5.07. The van der Waals surface area contributed by atoms with Crippen molar-refractivity contribution in [2.45, 2.75) is 39.5 Å². The van der Waals surface area contributed by atoms with Crippen LogP contribution in [0.1, 0.15) is 42.3 Å². The number of carbonyl (C=O) groups is 1. The Hall–Kier alpha value is -2.40. The molecule has 0 saturated heterocycles. The molecule has 5 nitrogen and oxygen atoms in total. The number of benzene rings is 1. The van der Waals surface area contributed by atoms with Gasteiger partial charge in [-0.15, -0.1) is 0 Å². The number of pyridine rings is 1.